The van der Waals surface area contributed by atoms with Gasteiger partial charge in [-0.05, 0) is 44.6 Å². The molecular formula is C20H26O2. The summed E-state index contributed by atoms with van der Waals surface area (Å²) in [5, 5.41) is 0. The molecule has 1 aliphatic heterocycles. The fourth-order valence-corrected chi connectivity index (χ4v) is 3.37. The van der Waals surface area contributed by atoms with Crippen LogP contribution in [-0.4, -0.2) is 12.1 Å². The molecule has 0 bridgehead atoms. The fourth-order valence-electron chi connectivity index (χ4n) is 3.37. The Morgan fingerprint density at radius 3 is 2.50 bits per heavy atom. The number of rotatable bonds is 7. The molecule has 0 radical (unpaired) electrons. The Bertz CT molecular complexity index is 557. The van der Waals surface area contributed by atoms with Gasteiger partial charge in [0.05, 0.1) is 0 Å². The SMILES string of the molecule is C#CC(C)(CC)CC1(CC)C(=O)OC1CCc1ccccc1. The highest BCUT2D eigenvalue weighted by Crippen LogP contribution is 2.50. The van der Waals surface area contributed by atoms with Gasteiger partial charge in [-0.3, -0.25) is 4.79 Å². The number of aryl methyl sites for hydroxylation is 1. The molecule has 0 amide bonds. The van der Waals surface area contributed by atoms with Crippen molar-refractivity contribution in [2.24, 2.45) is 10.8 Å². The lowest BCUT2D eigenvalue weighted by atomic mass is 9.63. The van der Waals surface area contributed by atoms with Gasteiger partial charge in [-0.1, -0.05) is 44.2 Å². The zero-order chi connectivity index (χ0) is 16.2. The van der Waals surface area contributed by atoms with Gasteiger partial charge in [0.2, 0.25) is 0 Å². The summed E-state index contributed by atoms with van der Waals surface area (Å²) in [6, 6.07) is 10.3. The Morgan fingerprint density at radius 1 is 1.32 bits per heavy atom. The van der Waals surface area contributed by atoms with E-state index in [2.05, 4.69) is 38.8 Å². The Morgan fingerprint density at radius 2 is 2.00 bits per heavy atom. The summed E-state index contributed by atoms with van der Waals surface area (Å²) in [5.74, 6) is 2.83. The lowest BCUT2D eigenvalue weighted by molar-refractivity contribution is -0.213. The van der Waals surface area contributed by atoms with Crippen LogP contribution in [0.4, 0.5) is 0 Å². The molecule has 0 aliphatic carbocycles. The smallest absolute Gasteiger partial charge is 0.316 e. The average Bonchev–Trinajstić information content (AvgIpc) is 2.56. The molecule has 1 heterocycles. The summed E-state index contributed by atoms with van der Waals surface area (Å²) in [6.07, 6.45) is 9.90. The highest BCUT2D eigenvalue weighted by atomic mass is 16.6. The maximum Gasteiger partial charge on any atom is 0.316 e. The summed E-state index contributed by atoms with van der Waals surface area (Å²) in [4.78, 5) is 12.2. The van der Waals surface area contributed by atoms with Gasteiger partial charge in [0, 0.05) is 5.41 Å². The van der Waals surface area contributed by atoms with Crippen molar-refractivity contribution in [3.63, 3.8) is 0 Å². The third kappa shape index (κ3) is 3.04. The minimum atomic E-state index is -0.397. The molecule has 2 heteroatoms. The van der Waals surface area contributed by atoms with E-state index in [-0.39, 0.29) is 17.5 Å². The molecule has 22 heavy (non-hydrogen) atoms. The zero-order valence-electron chi connectivity index (χ0n) is 13.9. The lowest BCUT2D eigenvalue weighted by Crippen LogP contribution is -2.58. The second-order valence-electron chi connectivity index (χ2n) is 6.66. The lowest BCUT2D eigenvalue weighted by Gasteiger charge is -2.49. The van der Waals surface area contributed by atoms with E-state index in [1.807, 2.05) is 18.2 Å². The van der Waals surface area contributed by atoms with E-state index in [1.54, 1.807) is 0 Å². The summed E-state index contributed by atoms with van der Waals surface area (Å²) < 4.78 is 5.50. The fraction of sp³-hybridized carbons (Fsp3) is 0.550. The number of hydrogen-bond acceptors (Lipinski definition) is 2. The number of terminal acetylenes is 1. The first-order chi connectivity index (χ1) is 10.5. The minimum Gasteiger partial charge on any atom is -0.461 e. The molecule has 0 spiro atoms. The largest absolute Gasteiger partial charge is 0.461 e. The van der Waals surface area contributed by atoms with Gasteiger partial charge in [0.1, 0.15) is 11.5 Å². The molecule has 0 saturated carbocycles. The van der Waals surface area contributed by atoms with Crippen LogP contribution in [0.25, 0.3) is 0 Å². The summed E-state index contributed by atoms with van der Waals surface area (Å²) in [5.41, 5.74) is 0.650. The Kier molecular flexibility index (Phi) is 4.96. The summed E-state index contributed by atoms with van der Waals surface area (Å²) in [7, 11) is 0. The van der Waals surface area contributed by atoms with Gasteiger partial charge in [-0.2, -0.15) is 0 Å². The number of cyclic esters (lactones) is 1. The van der Waals surface area contributed by atoms with E-state index in [1.165, 1.54) is 5.56 Å². The van der Waals surface area contributed by atoms with Gasteiger partial charge in [-0.25, -0.2) is 0 Å². The van der Waals surface area contributed by atoms with Gasteiger partial charge >= 0.3 is 5.97 Å². The highest BCUT2D eigenvalue weighted by Gasteiger charge is 2.58. The van der Waals surface area contributed by atoms with Crippen molar-refractivity contribution in [2.45, 2.75) is 59.0 Å². The maximum absolute atomic E-state index is 12.2. The molecule has 2 nitrogen and oxygen atoms in total. The van der Waals surface area contributed by atoms with E-state index in [4.69, 9.17) is 11.2 Å². The van der Waals surface area contributed by atoms with Crippen LogP contribution in [-0.2, 0) is 16.0 Å². The molecule has 0 N–H and O–H groups in total. The zero-order valence-corrected chi connectivity index (χ0v) is 13.9. The van der Waals surface area contributed by atoms with Crippen LogP contribution < -0.4 is 0 Å². The van der Waals surface area contributed by atoms with Crippen LogP contribution >= 0.6 is 0 Å². The molecule has 1 aliphatic rings. The molecule has 3 unspecified atom stereocenters. The third-order valence-corrected chi connectivity index (χ3v) is 5.28. The maximum atomic E-state index is 12.2. The molecule has 0 aromatic heterocycles. The normalized spacial score (nSPS) is 26.5. The summed E-state index contributed by atoms with van der Waals surface area (Å²) in [6.45, 7) is 6.24. The standard InChI is InChI=1S/C20H26O2/c1-5-19(4,6-2)15-20(7-3)17(22-18(20)21)14-13-16-11-9-8-10-12-16/h1,8-12,17H,6-7,13-15H2,2-4H3. The van der Waals surface area contributed by atoms with Crippen molar-refractivity contribution in [2.75, 3.05) is 0 Å². The molecular weight excluding hydrogens is 272 g/mol. The first-order valence-electron chi connectivity index (χ1n) is 8.22. The molecule has 1 saturated heterocycles. The van der Waals surface area contributed by atoms with Crippen LogP contribution in [0.15, 0.2) is 30.3 Å². The highest BCUT2D eigenvalue weighted by molar-refractivity contribution is 5.83. The predicted octanol–water partition coefficient (Wildman–Crippen LogP) is 4.38. The number of ether oxygens (including phenoxy) is 1. The van der Waals surface area contributed by atoms with E-state index < -0.39 is 5.41 Å². The molecule has 1 fully saturated rings. The number of benzene rings is 1. The Balaban J connectivity index is 2.08. The molecule has 1 aromatic carbocycles. The van der Waals surface area contributed by atoms with Gasteiger partial charge in [-0.15, -0.1) is 12.3 Å². The number of esters is 1. The third-order valence-electron chi connectivity index (χ3n) is 5.28. The van der Waals surface area contributed by atoms with Crippen LogP contribution in [0, 0.1) is 23.2 Å². The van der Waals surface area contributed by atoms with E-state index in [0.717, 1.165) is 32.1 Å². The number of carbonyl (C=O) groups is 1. The average molecular weight is 298 g/mol. The molecule has 3 atom stereocenters. The molecule has 1 aromatic rings. The number of hydrogen-bond donors (Lipinski definition) is 0. The quantitative estimate of drug-likeness (QED) is 0.551. The molecule has 118 valence electrons. The van der Waals surface area contributed by atoms with Crippen molar-refractivity contribution < 1.29 is 9.53 Å². The monoisotopic (exact) mass is 298 g/mol. The van der Waals surface area contributed by atoms with Crippen molar-refractivity contribution in [3.05, 3.63) is 35.9 Å². The van der Waals surface area contributed by atoms with Gasteiger partial charge < -0.3 is 4.74 Å². The number of carbonyl (C=O) groups excluding carboxylic acids is 1. The first-order valence-corrected chi connectivity index (χ1v) is 8.22. The van der Waals surface area contributed by atoms with Crippen molar-refractivity contribution in [3.8, 4) is 12.3 Å². The molecule has 2 rings (SSSR count). The van der Waals surface area contributed by atoms with Crippen molar-refractivity contribution >= 4 is 5.97 Å². The van der Waals surface area contributed by atoms with E-state index in [9.17, 15) is 4.79 Å². The van der Waals surface area contributed by atoms with Crippen LogP contribution in [0.2, 0.25) is 0 Å². The topological polar surface area (TPSA) is 26.3 Å². The minimum absolute atomic E-state index is 0.00979. The van der Waals surface area contributed by atoms with Crippen molar-refractivity contribution in [1.82, 2.24) is 0 Å². The van der Waals surface area contributed by atoms with Crippen LogP contribution in [0.1, 0.15) is 52.0 Å². The van der Waals surface area contributed by atoms with Crippen LogP contribution in [0.5, 0.6) is 0 Å². The summed E-state index contributed by atoms with van der Waals surface area (Å²) >= 11 is 0. The van der Waals surface area contributed by atoms with E-state index >= 15 is 0 Å². The van der Waals surface area contributed by atoms with Gasteiger partial charge in [0.15, 0.2) is 0 Å². The Hall–Kier alpha value is -1.75. The second kappa shape index (κ2) is 6.57. The predicted molar refractivity (Wildman–Crippen MR) is 89.2 cm³/mol. The van der Waals surface area contributed by atoms with Crippen molar-refractivity contribution in [1.29, 1.82) is 0 Å². The van der Waals surface area contributed by atoms with E-state index in [0.29, 0.717) is 0 Å². The Labute approximate surface area is 134 Å². The van der Waals surface area contributed by atoms with Gasteiger partial charge in [0.25, 0.3) is 0 Å². The second-order valence-corrected chi connectivity index (χ2v) is 6.66. The van der Waals surface area contributed by atoms with Crippen LogP contribution in [0.3, 0.4) is 0 Å². The first kappa shape index (κ1) is 16.6.